The van der Waals surface area contributed by atoms with Crippen molar-refractivity contribution in [1.29, 1.82) is 0 Å². The molecule has 2 unspecified atom stereocenters. The molecule has 5 nitrogen and oxygen atoms in total. The molecule has 1 aliphatic carbocycles. The number of rotatable bonds is 5. The largest absolute Gasteiger partial charge is 0.383 e. The molecule has 1 N–H and O–H groups in total. The molecule has 1 saturated heterocycles. The molecule has 2 amide bonds. The van der Waals surface area contributed by atoms with Crippen LogP contribution in [0.4, 0.5) is 0 Å². The minimum absolute atomic E-state index is 0.0105. The number of nitrogens with one attached hydrogen (secondary N) is 1. The summed E-state index contributed by atoms with van der Waals surface area (Å²) in [7, 11) is 1.63. The second kappa shape index (κ2) is 6.12. The van der Waals surface area contributed by atoms with Gasteiger partial charge in [0.25, 0.3) is 0 Å². The van der Waals surface area contributed by atoms with E-state index in [0.717, 1.165) is 32.1 Å². The summed E-state index contributed by atoms with van der Waals surface area (Å²) in [6.07, 6.45) is 5.16. The Labute approximate surface area is 121 Å². The molecule has 2 fully saturated rings. The normalized spacial score (nSPS) is 26.9. The van der Waals surface area contributed by atoms with E-state index in [1.165, 1.54) is 0 Å². The molecule has 2 atom stereocenters. The van der Waals surface area contributed by atoms with Crippen LogP contribution in [0.15, 0.2) is 0 Å². The Balaban J connectivity index is 2.28. The van der Waals surface area contributed by atoms with Crippen LogP contribution in [0, 0.1) is 0 Å². The molecule has 0 aromatic rings. The third-order valence-electron chi connectivity index (χ3n) is 4.55. The van der Waals surface area contributed by atoms with E-state index in [1.807, 2.05) is 13.8 Å². The van der Waals surface area contributed by atoms with Gasteiger partial charge in [-0.05, 0) is 26.2 Å². The van der Waals surface area contributed by atoms with Crippen molar-refractivity contribution in [2.24, 2.45) is 0 Å². The summed E-state index contributed by atoms with van der Waals surface area (Å²) in [5.41, 5.74) is -0.636. The molecule has 114 valence electrons. The first-order valence-electron chi connectivity index (χ1n) is 7.69. The molecule has 0 radical (unpaired) electrons. The summed E-state index contributed by atoms with van der Waals surface area (Å²) < 4.78 is 5.19. The first kappa shape index (κ1) is 15.3. The van der Waals surface area contributed by atoms with Crippen LogP contribution in [0.25, 0.3) is 0 Å². The van der Waals surface area contributed by atoms with Gasteiger partial charge < -0.3 is 15.0 Å². The topological polar surface area (TPSA) is 58.6 Å². The van der Waals surface area contributed by atoms with Gasteiger partial charge in [0, 0.05) is 7.11 Å². The monoisotopic (exact) mass is 282 g/mol. The average Bonchev–Trinajstić information content (AvgIpc) is 2.86. The zero-order chi connectivity index (χ0) is 14.8. The highest BCUT2D eigenvalue weighted by atomic mass is 16.5. The second-order valence-corrected chi connectivity index (χ2v) is 6.10. The van der Waals surface area contributed by atoms with Gasteiger partial charge in [-0.3, -0.25) is 9.59 Å². The van der Waals surface area contributed by atoms with E-state index in [4.69, 9.17) is 4.74 Å². The van der Waals surface area contributed by atoms with Crippen LogP contribution >= 0.6 is 0 Å². The van der Waals surface area contributed by atoms with Gasteiger partial charge in [-0.15, -0.1) is 0 Å². The molecular formula is C15H26N2O3. The van der Waals surface area contributed by atoms with E-state index in [2.05, 4.69) is 5.32 Å². The third-order valence-corrected chi connectivity index (χ3v) is 4.55. The molecule has 1 heterocycles. The van der Waals surface area contributed by atoms with Gasteiger partial charge in [0.1, 0.15) is 11.6 Å². The van der Waals surface area contributed by atoms with Gasteiger partial charge in [-0.25, -0.2) is 0 Å². The maximum Gasteiger partial charge on any atom is 0.249 e. The van der Waals surface area contributed by atoms with Crippen molar-refractivity contribution in [2.45, 2.75) is 70.0 Å². The summed E-state index contributed by atoms with van der Waals surface area (Å²) in [5.74, 6) is 0.105. The Morgan fingerprint density at radius 2 is 2.05 bits per heavy atom. The minimum atomic E-state index is -0.636. The number of amides is 2. The molecule has 0 bridgehead atoms. The highest BCUT2D eigenvalue weighted by molar-refractivity contribution is 6.00. The Hall–Kier alpha value is -1.10. The number of carbonyl (C=O) groups is 2. The zero-order valence-electron chi connectivity index (χ0n) is 12.8. The van der Waals surface area contributed by atoms with E-state index in [9.17, 15) is 9.59 Å². The van der Waals surface area contributed by atoms with Crippen LogP contribution in [0.5, 0.6) is 0 Å². The van der Waals surface area contributed by atoms with Crippen molar-refractivity contribution in [1.82, 2.24) is 10.2 Å². The number of nitrogens with zero attached hydrogens (tertiary/aromatic N) is 1. The Kier molecular flexibility index (Phi) is 4.68. The molecule has 2 rings (SSSR count). The van der Waals surface area contributed by atoms with Crippen molar-refractivity contribution in [3.8, 4) is 0 Å². The van der Waals surface area contributed by atoms with Crippen LogP contribution in [0.2, 0.25) is 0 Å². The fourth-order valence-corrected chi connectivity index (χ4v) is 3.58. The lowest BCUT2D eigenvalue weighted by Gasteiger charge is -2.47. The van der Waals surface area contributed by atoms with Gasteiger partial charge in [0.05, 0.1) is 12.6 Å². The van der Waals surface area contributed by atoms with Crippen LogP contribution in [-0.4, -0.2) is 48.1 Å². The SMILES string of the molecule is CCCC1C(=O)NC2(CCCC2)C(=O)N1C(C)COC. The van der Waals surface area contributed by atoms with Gasteiger partial charge in [0.2, 0.25) is 11.8 Å². The molecule has 0 aromatic heterocycles. The fraction of sp³-hybridized carbons (Fsp3) is 0.867. The van der Waals surface area contributed by atoms with E-state index >= 15 is 0 Å². The summed E-state index contributed by atoms with van der Waals surface area (Å²) in [4.78, 5) is 27.2. The highest BCUT2D eigenvalue weighted by Crippen LogP contribution is 2.36. The second-order valence-electron chi connectivity index (χ2n) is 6.10. The van der Waals surface area contributed by atoms with Crippen LogP contribution < -0.4 is 5.32 Å². The zero-order valence-corrected chi connectivity index (χ0v) is 12.8. The molecule has 1 spiro atoms. The van der Waals surface area contributed by atoms with E-state index in [-0.39, 0.29) is 23.9 Å². The van der Waals surface area contributed by atoms with E-state index < -0.39 is 5.54 Å². The van der Waals surface area contributed by atoms with Crippen molar-refractivity contribution in [2.75, 3.05) is 13.7 Å². The Bertz CT molecular complexity index is 377. The maximum absolute atomic E-state index is 13.0. The Morgan fingerprint density at radius 3 is 2.60 bits per heavy atom. The van der Waals surface area contributed by atoms with Crippen LogP contribution in [0.1, 0.15) is 52.4 Å². The standard InChI is InChI=1S/C15H26N2O3/c1-4-7-12-13(18)16-15(8-5-6-9-15)14(19)17(12)11(2)10-20-3/h11-12H,4-10H2,1-3H3,(H,16,18). The maximum atomic E-state index is 13.0. The van der Waals surface area contributed by atoms with Crippen molar-refractivity contribution < 1.29 is 14.3 Å². The quantitative estimate of drug-likeness (QED) is 0.830. The first-order valence-corrected chi connectivity index (χ1v) is 7.69. The number of piperazine rings is 1. The molecule has 1 saturated carbocycles. The molecular weight excluding hydrogens is 256 g/mol. The first-order chi connectivity index (χ1) is 9.55. The van der Waals surface area contributed by atoms with Crippen LogP contribution in [0.3, 0.4) is 0 Å². The molecule has 1 aliphatic heterocycles. The number of methoxy groups -OCH3 is 1. The lowest BCUT2D eigenvalue weighted by molar-refractivity contribution is -0.159. The van der Waals surface area contributed by atoms with Crippen molar-refractivity contribution in [3.05, 3.63) is 0 Å². The minimum Gasteiger partial charge on any atom is -0.383 e. The predicted molar refractivity (Wildman–Crippen MR) is 76.2 cm³/mol. The van der Waals surface area contributed by atoms with Gasteiger partial charge >= 0.3 is 0 Å². The molecule has 5 heteroatoms. The number of hydrogen-bond acceptors (Lipinski definition) is 3. The number of carbonyl (C=O) groups excluding carboxylic acids is 2. The third kappa shape index (κ3) is 2.55. The summed E-state index contributed by atoms with van der Waals surface area (Å²) >= 11 is 0. The smallest absolute Gasteiger partial charge is 0.249 e. The van der Waals surface area contributed by atoms with Crippen molar-refractivity contribution in [3.63, 3.8) is 0 Å². The summed E-state index contributed by atoms with van der Waals surface area (Å²) in [6.45, 7) is 4.47. The van der Waals surface area contributed by atoms with E-state index in [1.54, 1.807) is 12.0 Å². The lowest BCUT2D eigenvalue weighted by atomic mass is 9.88. The summed E-state index contributed by atoms with van der Waals surface area (Å²) in [6, 6.07) is -0.406. The molecule has 20 heavy (non-hydrogen) atoms. The Morgan fingerprint density at radius 1 is 1.40 bits per heavy atom. The molecule has 0 aromatic carbocycles. The predicted octanol–water partition coefficient (Wildman–Crippen LogP) is 1.46. The number of ether oxygens (including phenoxy) is 1. The lowest BCUT2D eigenvalue weighted by Crippen LogP contribution is -2.71. The van der Waals surface area contributed by atoms with Gasteiger partial charge in [-0.2, -0.15) is 0 Å². The fourth-order valence-electron chi connectivity index (χ4n) is 3.58. The average molecular weight is 282 g/mol. The van der Waals surface area contributed by atoms with Gasteiger partial charge in [-0.1, -0.05) is 26.2 Å². The van der Waals surface area contributed by atoms with Crippen LogP contribution in [-0.2, 0) is 14.3 Å². The molecule has 2 aliphatic rings. The highest BCUT2D eigenvalue weighted by Gasteiger charge is 2.52. The summed E-state index contributed by atoms with van der Waals surface area (Å²) in [5, 5.41) is 3.03. The van der Waals surface area contributed by atoms with Gasteiger partial charge in [0.15, 0.2) is 0 Å². The van der Waals surface area contributed by atoms with Crippen molar-refractivity contribution >= 4 is 11.8 Å². The van der Waals surface area contributed by atoms with E-state index in [0.29, 0.717) is 13.0 Å². The number of hydrogen-bond donors (Lipinski definition) is 1.